The summed E-state index contributed by atoms with van der Waals surface area (Å²) in [5.41, 5.74) is 0.773. The summed E-state index contributed by atoms with van der Waals surface area (Å²) in [6.07, 6.45) is 6.78. The second-order valence-electron chi connectivity index (χ2n) is 8.90. The van der Waals surface area contributed by atoms with Gasteiger partial charge in [0, 0.05) is 44.2 Å². The van der Waals surface area contributed by atoms with Gasteiger partial charge in [0.2, 0.25) is 5.91 Å². The molecule has 1 saturated heterocycles. The van der Waals surface area contributed by atoms with Gasteiger partial charge in [0.05, 0.1) is 0 Å². The van der Waals surface area contributed by atoms with Crippen LogP contribution >= 0.6 is 0 Å². The first-order valence-corrected chi connectivity index (χ1v) is 10.9. The van der Waals surface area contributed by atoms with Crippen LogP contribution < -0.4 is 0 Å². The lowest BCUT2D eigenvalue weighted by Crippen LogP contribution is -2.46. The Kier molecular flexibility index (Phi) is 7.86. The summed E-state index contributed by atoms with van der Waals surface area (Å²) in [7, 11) is 4.13. The average Bonchev–Trinajstić information content (AvgIpc) is 3.21. The van der Waals surface area contributed by atoms with E-state index in [-0.39, 0.29) is 11.7 Å². The minimum atomic E-state index is -0.117. The van der Waals surface area contributed by atoms with Gasteiger partial charge in [-0.25, -0.2) is 4.39 Å². The van der Waals surface area contributed by atoms with E-state index in [9.17, 15) is 9.18 Å². The minimum absolute atomic E-state index is 0.117. The summed E-state index contributed by atoms with van der Waals surface area (Å²) in [5, 5.41) is 0. The normalized spacial score (nSPS) is 21.4. The maximum absolute atomic E-state index is 14.0. The molecule has 2 fully saturated rings. The Morgan fingerprint density at radius 3 is 2.57 bits per heavy atom. The molecule has 0 aromatic heterocycles. The molecule has 1 saturated carbocycles. The molecule has 156 valence electrons. The number of carbonyl (C=O) groups excluding carboxylic acids is 1. The Balaban J connectivity index is 1.59. The number of hydrogen-bond acceptors (Lipinski definition) is 3. The molecular weight excluding hydrogens is 353 g/mol. The molecule has 1 aromatic carbocycles. The van der Waals surface area contributed by atoms with Gasteiger partial charge in [-0.15, -0.1) is 0 Å². The summed E-state index contributed by atoms with van der Waals surface area (Å²) >= 11 is 0. The van der Waals surface area contributed by atoms with Gasteiger partial charge >= 0.3 is 0 Å². The fourth-order valence-electron chi connectivity index (χ4n) is 4.67. The van der Waals surface area contributed by atoms with Gasteiger partial charge in [0.15, 0.2) is 0 Å². The van der Waals surface area contributed by atoms with Crippen molar-refractivity contribution in [3.8, 4) is 0 Å². The van der Waals surface area contributed by atoms with E-state index in [1.807, 2.05) is 12.1 Å². The average molecular weight is 390 g/mol. The lowest BCUT2D eigenvalue weighted by Gasteiger charge is -2.37. The molecule has 1 aliphatic carbocycles. The highest BCUT2D eigenvalue weighted by atomic mass is 19.1. The summed E-state index contributed by atoms with van der Waals surface area (Å²) < 4.78 is 14.0. The maximum atomic E-state index is 14.0. The Hall–Kier alpha value is -1.46. The largest absolute Gasteiger partial charge is 0.341 e. The zero-order chi connectivity index (χ0) is 19.9. The van der Waals surface area contributed by atoms with Crippen LogP contribution in [0.2, 0.25) is 0 Å². The number of benzene rings is 1. The number of rotatable bonds is 8. The number of piperidine rings is 1. The van der Waals surface area contributed by atoms with Crippen molar-refractivity contribution in [1.29, 1.82) is 0 Å². The molecule has 1 aliphatic heterocycles. The van der Waals surface area contributed by atoms with Crippen molar-refractivity contribution in [1.82, 2.24) is 14.7 Å². The van der Waals surface area contributed by atoms with Gasteiger partial charge in [-0.1, -0.05) is 31.0 Å². The van der Waals surface area contributed by atoms with Crippen molar-refractivity contribution in [2.24, 2.45) is 11.8 Å². The van der Waals surface area contributed by atoms with E-state index in [0.29, 0.717) is 18.4 Å². The van der Waals surface area contributed by atoms with Crippen molar-refractivity contribution >= 4 is 5.91 Å². The topological polar surface area (TPSA) is 26.8 Å². The van der Waals surface area contributed by atoms with Crippen molar-refractivity contribution in [3.63, 3.8) is 0 Å². The molecule has 5 heteroatoms. The van der Waals surface area contributed by atoms with Crippen molar-refractivity contribution < 1.29 is 9.18 Å². The summed E-state index contributed by atoms with van der Waals surface area (Å²) in [6.45, 7) is 5.19. The number of likely N-dealkylation sites (tertiary alicyclic amines) is 1. The highest BCUT2D eigenvalue weighted by molar-refractivity contribution is 5.79. The zero-order valence-electron chi connectivity index (χ0n) is 17.6. The Morgan fingerprint density at radius 2 is 1.86 bits per heavy atom. The Bertz CT molecular complexity index is 630. The minimum Gasteiger partial charge on any atom is -0.341 e. The van der Waals surface area contributed by atoms with E-state index in [1.165, 1.54) is 12.8 Å². The van der Waals surface area contributed by atoms with Crippen molar-refractivity contribution in [3.05, 3.63) is 35.6 Å². The van der Waals surface area contributed by atoms with Crippen LogP contribution in [-0.2, 0) is 11.3 Å². The first-order valence-electron chi connectivity index (χ1n) is 10.9. The molecule has 1 amide bonds. The van der Waals surface area contributed by atoms with Crippen molar-refractivity contribution in [2.45, 2.75) is 45.1 Å². The van der Waals surface area contributed by atoms with Crippen LogP contribution in [0.5, 0.6) is 0 Å². The number of halogens is 1. The van der Waals surface area contributed by atoms with Crippen LogP contribution in [0.3, 0.4) is 0 Å². The van der Waals surface area contributed by atoms with Crippen LogP contribution in [0.15, 0.2) is 24.3 Å². The summed E-state index contributed by atoms with van der Waals surface area (Å²) in [5.74, 6) is 0.965. The molecule has 3 rings (SSSR count). The predicted molar refractivity (Wildman–Crippen MR) is 111 cm³/mol. The molecule has 1 heterocycles. The van der Waals surface area contributed by atoms with Gasteiger partial charge in [-0.05, 0) is 58.3 Å². The third kappa shape index (κ3) is 6.02. The summed E-state index contributed by atoms with van der Waals surface area (Å²) in [6, 6.07) is 7.07. The van der Waals surface area contributed by atoms with E-state index in [4.69, 9.17) is 0 Å². The van der Waals surface area contributed by atoms with E-state index in [2.05, 4.69) is 28.8 Å². The van der Waals surface area contributed by atoms with Gasteiger partial charge in [0.25, 0.3) is 0 Å². The van der Waals surface area contributed by atoms with Crippen LogP contribution in [0.1, 0.15) is 44.1 Å². The Labute approximate surface area is 169 Å². The third-order valence-electron chi connectivity index (χ3n) is 6.27. The first kappa shape index (κ1) is 21.3. The van der Waals surface area contributed by atoms with Crippen LogP contribution in [-0.4, -0.2) is 67.4 Å². The second kappa shape index (κ2) is 10.4. The molecule has 0 spiro atoms. The standard InChI is InChI=1S/C23H36FN3O/c1-25(2)14-15-27(23(28)20-9-3-4-10-20)17-19-8-7-13-26(16-19)18-21-11-5-6-12-22(21)24/h5-6,11-12,19-20H,3-4,7-10,13-18H2,1-2H3. The van der Waals surface area contributed by atoms with Crippen LogP contribution in [0.25, 0.3) is 0 Å². The number of amides is 1. The van der Waals surface area contributed by atoms with Crippen LogP contribution in [0.4, 0.5) is 4.39 Å². The molecule has 0 bridgehead atoms. The lowest BCUT2D eigenvalue weighted by molar-refractivity contribution is -0.136. The number of nitrogens with zero attached hydrogens (tertiary/aromatic N) is 3. The molecule has 2 aliphatic rings. The van der Waals surface area contributed by atoms with E-state index < -0.39 is 0 Å². The smallest absolute Gasteiger partial charge is 0.225 e. The fraction of sp³-hybridized carbons (Fsp3) is 0.696. The maximum Gasteiger partial charge on any atom is 0.225 e. The lowest BCUT2D eigenvalue weighted by atomic mass is 9.96. The second-order valence-corrected chi connectivity index (χ2v) is 8.90. The molecule has 4 nitrogen and oxygen atoms in total. The Morgan fingerprint density at radius 1 is 1.11 bits per heavy atom. The highest BCUT2D eigenvalue weighted by Gasteiger charge is 2.30. The highest BCUT2D eigenvalue weighted by Crippen LogP contribution is 2.28. The van der Waals surface area contributed by atoms with E-state index >= 15 is 0 Å². The fourth-order valence-corrected chi connectivity index (χ4v) is 4.67. The SMILES string of the molecule is CN(C)CCN(CC1CCCN(Cc2ccccc2F)C1)C(=O)C1CCCC1. The molecule has 1 unspecified atom stereocenters. The molecular formula is C23H36FN3O. The number of hydrogen-bond donors (Lipinski definition) is 0. The molecule has 0 radical (unpaired) electrons. The number of carbonyl (C=O) groups is 1. The molecule has 1 aromatic rings. The molecule has 1 atom stereocenters. The zero-order valence-corrected chi connectivity index (χ0v) is 17.6. The monoisotopic (exact) mass is 389 g/mol. The van der Waals surface area contributed by atoms with Gasteiger partial charge < -0.3 is 9.80 Å². The van der Waals surface area contributed by atoms with Gasteiger partial charge in [0.1, 0.15) is 5.82 Å². The third-order valence-corrected chi connectivity index (χ3v) is 6.27. The quantitative estimate of drug-likeness (QED) is 0.679. The number of likely N-dealkylation sites (N-methyl/N-ethyl adjacent to an activating group) is 1. The van der Waals surface area contributed by atoms with Crippen molar-refractivity contribution in [2.75, 3.05) is 46.8 Å². The van der Waals surface area contributed by atoms with Gasteiger partial charge in [-0.2, -0.15) is 0 Å². The molecule has 0 N–H and O–H groups in total. The summed E-state index contributed by atoms with van der Waals surface area (Å²) in [4.78, 5) is 19.7. The van der Waals surface area contributed by atoms with E-state index in [0.717, 1.165) is 64.0 Å². The predicted octanol–water partition coefficient (Wildman–Crippen LogP) is 3.62. The van der Waals surface area contributed by atoms with Gasteiger partial charge in [-0.3, -0.25) is 9.69 Å². The van der Waals surface area contributed by atoms with E-state index in [1.54, 1.807) is 12.1 Å². The first-order chi connectivity index (χ1) is 13.5. The molecule has 28 heavy (non-hydrogen) atoms. The van der Waals surface area contributed by atoms with Crippen LogP contribution in [0, 0.1) is 17.7 Å².